The quantitative estimate of drug-likeness (QED) is 0.790. The first-order valence-electron chi connectivity index (χ1n) is 12.8. The van der Waals surface area contributed by atoms with Crippen molar-refractivity contribution < 1.29 is 9.90 Å². The minimum absolute atomic E-state index is 0.138. The SMILES string of the molecule is C[C@@]1(O)CC[C@H]2[C@H](CC[C@@H]3[C@@H]2CC[C@@]2(C)[C@H]3[C@H](C3CC3)C[C@@H]2C(=O)Cn2ncnn2)C1. The number of hydrogen-bond donors (Lipinski definition) is 1. The van der Waals surface area contributed by atoms with E-state index in [9.17, 15) is 9.90 Å². The van der Waals surface area contributed by atoms with Gasteiger partial charge in [-0.3, -0.25) is 4.79 Å². The van der Waals surface area contributed by atoms with Crippen LogP contribution < -0.4 is 0 Å². The highest BCUT2D eigenvalue weighted by Crippen LogP contribution is 2.69. The fourth-order valence-electron chi connectivity index (χ4n) is 9.28. The average Bonchev–Trinajstić information content (AvgIpc) is 3.34. The van der Waals surface area contributed by atoms with Gasteiger partial charge < -0.3 is 5.11 Å². The number of aromatic nitrogens is 4. The molecule has 0 aliphatic heterocycles. The largest absolute Gasteiger partial charge is 0.390 e. The molecule has 170 valence electrons. The van der Waals surface area contributed by atoms with Crippen molar-refractivity contribution in [1.29, 1.82) is 0 Å². The lowest BCUT2D eigenvalue weighted by Crippen LogP contribution is -2.52. The summed E-state index contributed by atoms with van der Waals surface area (Å²) >= 11 is 0. The van der Waals surface area contributed by atoms with Crippen molar-refractivity contribution in [1.82, 2.24) is 20.2 Å². The maximum Gasteiger partial charge on any atom is 0.162 e. The van der Waals surface area contributed by atoms with Gasteiger partial charge in [0.25, 0.3) is 0 Å². The molecule has 0 amide bonds. The number of tetrazole rings is 1. The van der Waals surface area contributed by atoms with Crippen LogP contribution in [0.25, 0.3) is 0 Å². The minimum atomic E-state index is -0.450. The molecule has 0 saturated heterocycles. The number of hydrogen-bond acceptors (Lipinski definition) is 5. The van der Waals surface area contributed by atoms with Crippen molar-refractivity contribution in [3.63, 3.8) is 0 Å². The van der Waals surface area contributed by atoms with Crippen LogP contribution in [0.3, 0.4) is 0 Å². The molecule has 1 N–H and O–H groups in total. The maximum absolute atomic E-state index is 13.5. The summed E-state index contributed by atoms with van der Waals surface area (Å²) < 4.78 is 0. The van der Waals surface area contributed by atoms with Crippen LogP contribution in [0.1, 0.15) is 78.1 Å². The van der Waals surface area contributed by atoms with E-state index in [-0.39, 0.29) is 17.9 Å². The fourth-order valence-corrected chi connectivity index (χ4v) is 9.28. The Bertz CT molecular complexity index is 835. The molecule has 0 radical (unpaired) electrons. The summed E-state index contributed by atoms with van der Waals surface area (Å²) in [5.74, 6) is 5.91. The summed E-state index contributed by atoms with van der Waals surface area (Å²) in [6, 6.07) is 0. The Morgan fingerprint density at radius 2 is 1.77 bits per heavy atom. The first-order chi connectivity index (χ1) is 14.9. The molecule has 6 rings (SSSR count). The van der Waals surface area contributed by atoms with E-state index in [4.69, 9.17) is 0 Å². The number of rotatable bonds is 4. The molecule has 0 bridgehead atoms. The minimum Gasteiger partial charge on any atom is -0.390 e. The summed E-state index contributed by atoms with van der Waals surface area (Å²) in [5.41, 5.74) is -0.312. The lowest BCUT2D eigenvalue weighted by atomic mass is 9.48. The van der Waals surface area contributed by atoms with Gasteiger partial charge in [-0.25, -0.2) is 0 Å². The second-order valence-electron chi connectivity index (χ2n) is 12.4. The zero-order valence-electron chi connectivity index (χ0n) is 19.1. The van der Waals surface area contributed by atoms with Crippen LogP contribution in [0, 0.1) is 52.8 Å². The van der Waals surface area contributed by atoms with E-state index in [0.717, 1.165) is 48.9 Å². The van der Waals surface area contributed by atoms with Crippen LogP contribution in [0.4, 0.5) is 0 Å². The lowest BCUT2D eigenvalue weighted by Gasteiger charge is -2.57. The van der Waals surface area contributed by atoms with Gasteiger partial charge in [0.05, 0.1) is 5.60 Å². The molecule has 0 aromatic carbocycles. The molecule has 9 atom stereocenters. The van der Waals surface area contributed by atoms with Gasteiger partial charge in [-0.1, -0.05) is 6.92 Å². The average molecular weight is 427 g/mol. The van der Waals surface area contributed by atoms with Gasteiger partial charge in [-0.15, -0.1) is 10.2 Å². The van der Waals surface area contributed by atoms with Crippen LogP contribution in [-0.2, 0) is 11.3 Å². The van der Waals surface area contributed by atoms with Crippen LogP contribution in [0.5, 0.6) is 0 Å². The summed E-state index contributed by atoms with van der Waals surface area (Å²) in [7, 11) is 0. The molecule has 6 heteroatoms. The molecule has 0 unspecified atom stereocenters. The summed E-state index contributed by atoms with van der Waals surface area (Å²) in [6.07, 6.45) is 13.5. The molecule has 1 aromatic heterocycles. The van der Waals surface area contributed by atoms with Crippen molar-refractivity contribution in [2.45, 2.75) is 90.2 Å². The number of ketones is 1. The molecular formula is C25H38N4O2. The van der Waals surface area contributed by atoms with Crippen molar-refractivity contribution in [3.8, 4) is 0 Å². The Labute approximate surface area is 185 Å². The Balaban J connectivity index is 1.27. The lowest BCUT2D eigenvalue weighted by molar-refractivity contribution is -0.134. The number of aliphatic hydroxyl groups is 1. The zero-order valence-corrected chi connectivity index (χ0v) is 19.1. The molecule has 5 aliphatic carbocycles. The van der Waals surface area contributed by atoms with E-state index in [1.165, 1.54) is 56.1 Å². The monoisotopic (exact) mass is 426 g/mol. The highest BCUT2D eigenvalue weighted by molar-refractivity contribution is 5.82. The summed E-state index contributed by atoms with van der Waals surface area (Å²) in [5, 5.41) is 22.5. The molecule has 5 fully saturated rings. The van der Waals surface area contributed by atoms with E-state index in [2.05, 4.69) is 22.3 Å². The van der Waals surface area contributed by atoms with Crippen LogP contribution >= 0.6 is 0 Å². The maximum atomic E-state index is 13.5. The Morgan fingerprint density at radius 1 is 1.00 bits per heavy atom. The predicted molar refractivity (Wildman–Crippen MR) is 116 cm³/mol. The molecule has 1 heterocycles. The normalized spacial score (nSPS) is 49.2. The van der Waals surface area contributed by atoms with E-state index in [0.29, 0.717) is 17.6 Å². The van der Waals surface area contributed by atoms with Gasteiger partial charge in [0.15, 0.2) is 12.1 Å². The van der Waals surface area contributed by atoms with Gasteiger partial charge >= 0.3 is 0 Å². The standard InChI is InChI=1S/C25H38N4O2/c1-24(31)9-7-17-16(12-24)5-6-19-18(17)8-10-25(2)21(11-20(23(19)25)15-3-4-15)22(30)13-29-27-14-26-28-29/h14-21,23,31H,3-13H2,1-2H3/t16-,17+,18-,19-,20+,21-,23-,24-,25-/m1/s1. The van der Waals surface area contributed by atoms with E-state index in [1.807, 2.05) is 6.92 Å². The fraction of sp³-hybridized carbons (Fsp3) is 0.920. The van der Waals surface area contributed by atoms with E-state index < -0.39 is 5.60 Å². The second kappa shape index (κ2) is 7.10. The third-order valence-electron chi connectivity index (χ3n) is 10.6. The van der Waals surface area contributed by atoms with Crippen molar-refractivity contribution in [2.24, 2.45) is 52.8 Å². The van der Waals surface area contributed by atoms with Crippen LogP contribution in [0.15, 0.2) is 6.33 Å². The van der Waals surface area contributed by atoms with Crippen molar-refractivity contribution >= 4 is 5.78 Å². The van der Waals surface area contributed by atoms with Gasteiger partial charge in [0, 0.05) is 5.92 Å². The Hall–Kier alpha value is -1.30. The molecule has 5 aliphatic rings. The molecular weight excluding hydrogens is 388 g/mol. The van der Waals surface area contributed by atoms with E-state index >= 15 is 0 Å². The number of nitrogens with zero attached hydrogens (tertiary/aromatic N) is 4. The molecule has 1 aromatic rings. The Morgan fingerprint density at radius 3 is 2.52 bits per heavy atom. The van der Waals surface area contributed by atoms with Crippen LogP contribution in [-0.4, -0.2) is 36.7 Å². The first kappa shape index (κ1) is 20.3. The second-order valence-corrected chi connectivity index (χ2v) is 12.4. The van der Waals surface area contributed by atoms with Crippen LogP contribution in [0.2, 0.25) is 0 Å². The molecule has 5 saturated carbocycles. The molecule has 0 spiro atoms. The predicted octanol–water partition coefficient (Wildman–Crippen LogP) is 3.90. The third kappa shape index (κ3) is 3.30. The van der Waals surface area contributed by atoms with Gasteiger partial charge in [-0.05, 0) is 123 Å². The number of Topliss-reactive ketones (excluding diaryl/α,β-unsaturated/α-hetero) is 1. The van der Waals surface area contributed by atoms with Gasteiger partial charge in [0.1, 0.15) is 6.54 Å². The first-order valence-corrected chi connectivity index (χ1v) is 12.8. The van der Waals surface area contributed by atoms with Crippen molar-refractivity contribution in [3.05, 3.63) is 6.33 Å². The summed E-state index contributed by atoms with van der Waals surface area (Å²) in [6.45, 7) is 4.79. The smallest absolute Gasteiger partial charge is 0.162 e. The number of carbonyl (C=O) groups excluding carboxylic acids is 1. The highest BCUT2D eigenvalue weighted by atomic mass is 16.3. The molecule has 31 heavy (non-hydrogen) atoms. The topological polar surface area (TPSA) is 80.9 Å². The van der Waals surface area contributed by atoms with Gasteiger partial charge in [-0.2, -0.15) is 4.80 Å². The van der Waals surface area contributed by atoms with Crippen molar-refractivity contribution in [2.75, 3.05) is 0 Å². The van der Waals surface area contributed by atoms with Gasteiger partial charge in [0.2, 0.25) is 0 Å². The number of carbonyl (C=O) groups is 1. The van der Waals surface area contributed by atoms with E-state index in [1.54, 1.807) is 0 Å². The summed E-state index contributed by atoms with van der Waals surface area (Å²) in [4.78, 5) is 14.9. The Kier molecular flexibility index (Phi) is 4.65. The molecule has 6 nitrogen and oxygen atoms in total. The zero-order chi connectivity index (χ0) is 21.4. The number of fused-ring (bicyclic) bond motifs is 5. The third-order valence-corrected chi connectivity index (χ3v) is 10.6. The highest BCUT2D eigenvalue weighted by Gasteiger charge is 2.63.